The molecule has 0 radical (unpaired) electrons. The predicted octanol–water partition coefficient (Wildman–Crippen LogP) is 1.85. The molecule has 2 bridgehead atoms. The lowest BCUT2D eigenvalue weighted by Gasteiger charge is -2.35. The van der Waals surface area contributed by atoms with Gasteiger partial charge in [-0.3, -0.25) is 0 Å². The zero-order valence-corrected chi connectivity index (χ0v) is 10.9. The van der Waals surface area contributed by atoms with Gasteiger partial charge in [-0.05, 0) is 39.7 Å². The minimum absolute atomic E-state index is 0.0104. The summed E-state index contributed by atoms with van der Waals surface area (Å²) in [6.45, 7) is 1.65. The van der Waals surface area contributed by atoms with Crippen LogP contribution < -0.4 is 5.73 Å². The van der Waals surface area contributed by atoms with Crippen LogP contribution in [-0.4, -0.2) is 34.0 Å². The lowest BCUT2D eigenvalue weighted by Crippen LogP contribution is -2.39. The zero-order chi connectivity index (χ0) is 12.9. The van der Waals surface area contributed by atoms with Gasteiger partial charge in [0, 0.05) is 18.0 Å². The van der Waals surface area contributed by atoms with E-state index in [1.807, 2.05) is 0 Å². The molecule has 1 aromatic heterocycles. The largest absolute Gasteiger partial charge is 0.381 e. The molecule has 3 rings (SSSR count). The molecule has 2 fully saturated rings. The maximum absolute atomic E-state index is 13.4. The van der Waals surface area contributed by atoms with Crippen molar-refractivity contribution in [3.63, 3.8) is 0 Å². The number of rotatable bonds is 1. The van der Waals surface area contributed by atoms with E-state index in [-0.39, 0.29) is 5.82 Å². The third-order valence-corrected chi connectivity index (χ3v) is 4.52. The molecule has 5 heteroatoms. The van der Waals surface area contributed by atoms with E-state index in [0.29, 0.717) is 23.7 Å². The van der Waals surface area contributed by atoms with Gasteiger partial charge in [-0.2, -0.15) is 0 Å². The molecular weight excluding hydrogens is 231 g/mol. The van der Waals surface area contributed by atoms with Gasteiger partial charge in [0.05, 0.1) is 5.69 Å². The highest BCUT2D eigenvalue weighted by atomic mass is 19.1. The first-order valence-electron chi connectivity index (χ1n) is 6.57. The summed E-state index contributed by atoms with van der Waals surface area (Å²) in [5.74, 6) is 0.579. The van der Waals surface area contributed by atoms with Crippen LogP contribution in [0.1, 0.15) is 43.1 Å². The number of fused-ring (bicyclic) bond motifs is 2. The van der Waals surface area contributed by atoms with E-state index in [9.17, 15) is 4.39 Å². The van der Waals surface area contributed by atoms with Crippen molar-refractivity contribution in [3.05, 3.63) is 17.3 Å². The molecule has 0 saturated carbocycles. The third-order valence-electron chi connectivity index (χ3n) is 4.52. The Hall–Kier alpha value is -1.23. The Labute approximate surface area is 106 Å². The molecule has 98 valence electrons. The number of piperidine rings is 1. The lowest BCUT2D eigenvalue weighted by atomic mass is 9.90. The SMILES string of the molecule is Cc1nc(C2CC3CCC(C2)N3C)nc(N)c1F. The molecule has 2 unspecified atom stereocenters. The normalized spacial score (nSPS) is 31.8. The summed E-state index contributed by atoms with van der Waals surface area (Å²) in [4.78, 5) is 10.9. The van der Waals surface area contributed by atoms with E-state index < -0.39 is 5.82 Å². The maximum atomic E-state index is 13.4. The van der Waals surface area contributed by atoms with Gasteiger partial charge in [0.1, 0.15) is 5.82 Å². The van der Waals surface area contributed by atoms with E-state index in [1.165, 1.54) is 12.8 Å². The van der Waals surface area contributed by atoms with Gasteiger partial charge < -0.3 is 10.6 Å². The molecule has 2 aliphatic heterocycles. The molecule has 2 aliphatic rings. The highest BCUT2D eigenvalue weighted by Gasteiger charge is 2.40. The molecule has 1 aromatic rings. The molecule has 4 nitrogen and oxygen atoms in total. The predicted molar refractivity (Wildman–Crippen MR) is 67.7 cm³/mol. The summed E-state index contributed by atoms with van der Waals surface area (Å²) in [5.41, 5.74) is 5.97. The Kier molecular flexibility index (Phi) is 2.73. The highest BCUT2D eigenvalue weighted by Crippen LogP contribution is 2.41. The Morgan fingerprint density at radius 1 is 1.22 bits per heavy atom. The van der Waals surface area contributed by atoms with E-state index in [0.717, 1.165) is 18.7 Å². The first kappa shape index (κ1) is 11.8. The third kappa shape index (κ3) is 1.77. The van der Waals surface area contributed by atoms with E-state index in [4.69, 9.17) is 5.73 Å². The number of aromatic nitrogens is 2. The van der Waals surface area contributed by atoms with Gasteiger partial charge in [-0.25, -0.2) is 14.4 Å². The van der Waals surface area contributed by atoms with Crippen LogP contribution in [0, 0.1) is 12.7 Å². The van der Waals surface area contributed by atoms with Crippen molar-refractivity contribution < 1.29 is 4.39 Å². The molecule has 0 spiro atoms. The Morgan fingerprint density at radius 2 is 1.83 bits per heavy atom. The zero-order valence-electron chi connectivity index (χ0n) is 10.9. The molecule has 2 saturated heterocycles. The fourth-order valence-electron chi connectivity index (χ4n) is 3.41. The van der Waals surface area contributed by atoms with Gasteiger partial charge in [0.15, 0.2) is 11.6 Å². The summed E-state index contributed by atoms with van der Waals surface area (Å²) < 4.78 is 13.4. The summed E-state index contributed by atoms with van der Waals surface area (Å²) in [6.07, 6.45) is 4.65. The van der Waals surface area contributed by atoms with Crippen LogP contribution >= 0.6 is 0 Å². The molecule has 0 aromatic carbocycles. The molecular formula is C13H19FN4. The summed E-state index contributed by atoms with van der Waals surface area (Å²) in [7, 11) is 2.20. The second-order valence-corrected chi connectivity index (χ2v) is 5.59. The molecule has 0 aliphatic carbocycles. The topological polar surface area (TPSA) is 55.0 Å². The van der Waals surface area contributed by atoms with Crippen molar-refractivity contribution in [3.8, 4) is 0 Å². The number of anilines is 1. The average molecular weight is 250 g/mol. The van der Waals surface area contributed by atoms with Crippen molar-refractivity contribution in [2.45, 2.75) is 50.6 Å². The van der Waals surface area contributed by atoms with Crippen LogP contribution in [0.2, 0.25) is 0 Å². The van der Waals surface area contributed by atoms with Crippen LogP contribution in [0.4, 0.5) is 10.2 Å². The van der Waals surface area contributed by atoms with Crippen LogP contribution in [0.5, 0.6) is 0 Å². The minimum atomic E-state index is -0.477. The first-order chi connectivity index (χ1) is 8.56. The quantitative estimate of drug-likeness (QED) is 0.826. The first-order valence-corrected chi connectivity index (χ1v) is 6.57. The minimum Gasteiger partial charge on any atom is -0.381 e. The second-order valence-electron chi connectivity index (χ2n) is 5.59. The lowest BCUT2D eigenvalue weighted by molar-refractivity contribution is 0.158. The molecule has 3 heterocycles. The van der Waals surface area contributed by atoms with Crippen molar-refractivity contribution in [1.29, 1.82) is 0 Å². The number of hydrogen-bond donors (Lipinski definition) is 1. The van der Waals surface area contributed by atoms with Gasteiger partial charge in [-0.1, -0.05) is 0 Å². The van der Waals surface area contributed by atoms with E-state index in [2.05, 4.69) is 21.9 Å². The van der Waals surface area contributed by atoms with Crippen LogP contribution in [0.3, 0.4) is 0 Å². The fraction of sp³-hybridized carbons (Fsp3) is 0.692. The summed E-state index contributed by atoms with van der Waals surface area (Å²) in [6, 6.07) is 1.26. The second kappa shape index (κ2) is 4.16. The van der Waals surface area contributed by atoms with Gasteiger partial charge >= 0.3 is 0 Å². The van der Waals surface area contributed by atoms with Gasteiger partial charge in [0.2, 0.25) is 0 Å². The number of nitrogen functional groups attached to an aromatic ring is 1. The van der Waals surface area contributed by atoms with Crippen LogP contribution in [-0.2, 0) is 0 Å². The summed E-state index contributed by atoms with van der Waals surface area (Å²) in [5, 5.41) is 0. The molecule has 18 heavy (non-hydrogen) atoms. The molecule has 0 amide bonds. The Bertz CT molecular complexity index is 439. The van der Waals surface area contributed by atoms with Crippen LogP contribution in [0.15, 0.2) is 0 Å². The number of halogens is 1. The van der Waals surface area contributed by atoms with Gasteiger partial charge in [0.25, 0.3) is 0 Å². The smallest absolute Gasteiger partial charge is 0.186 e. The monoisotopic (exact) mass is 250 g/mol. The van der Waals surface area contributed by atoms with Crippen molar-refractivity contribution in [1.82, 2.24) is 14.9 Å². The molecule has 2 atom stereocenters. The molecule has 2 N–H and O–H groups in total. The van der Waals surface area contributed by atoms with Crippen LogP contribution in [0.25, 0.3) is 0 Å². The van der Waals surface area contributed by atoms with E-state index in [1.54, 1.807) is 6.92 Å². The van der Waals surface area contributed by atoms with Gasteiger partial charge in [-0.15, -0.1) is 0 Å². The average Bonchev–Trinajstić information content (AvgIpc) is 2.57. The number of hydrogen-bond acceptors (Lipinski definition) is 4. The number of aryl methyl sites for hydroxylation is 1. The van der Waals surface area contributed by atoms with Crippen molar-refractivity contribution in [2.75, 3.05) is 12.8 Å². The number of nitrogens with two attached hydrogens (primary N) is 1. The Balaban J connectivity index is 1.88. The van der Waals surface area contributed by atoms with Crippen molar-refractivity contribution >= 4 is 5.82 Å². The maximum Gasteiger partial charge on any atom is 0.186 e. The highest BCUT2D eigenvalue weighted by molar-refractivity contribution is 5.32. The Morgan fingerprint density at radius 3 is 2.39 bits per heavy atom. The standard InChI is InChI=1S/C13H19FN4/c1-7-11(14)12(15)17-13(16-7)8-5-9-3-4-10(6-8)18(9)2/h8-10H,3-6H2,1-2H3,(H2,15,16,17). The summed E-state index contributed by atoms with van der Waals surface area (Å²) >= 11 is 0. The van der Waals surface area contributed by atoms with E-state index >= 15 is 0 Å². The number of nitrogens with zero attached hydrogens (tertiary/aromatic N) is 3. The fourth-order valence-corrected chi connectivity index (χ4v) is 3.41. The van der Waals surface area contributed by atoms with Crippen molar-refractivity contribution in [2.24, 2.45) is 0 Å².